The van der Waals surface area contributed by atoms with E-state index in [1.54, 1.807) is 0 Å². The van der Waals surface area contributed by atoms with Gasteiger partial charge in [-0.3, -0.25) is 4.79 Å². The van der Waals surface area contributed by atoms with E-state index in [0.717, 1.165) is 41.0 Å². The van der Waals surface area contributed by atoms with Crippen LogP contribution in [0, 0.1) is 11.3 Å². The number of para-hydroxylation sites is 1. The van der Waals surface area contributed by atoms with E-state index in [-0.39, 0.29) is 11.3 Å². The maximum atomic E-state index is 12.6. The Labute approximate surface area is 196 Å². The quantitative estimate of drug-likeness (QED) is 0.426. The molecule has 1 amide bonds. The second kappa shape index (κ2) is 10.0. The highest BCUT2D eigenvalue weighted by Gasteiger charge is 2.29. The van der Waals surface area contributed by atoms with Crippen LogP contribution in [0.3, 0.4) is 0 Å². The molecule has 0 radical (unpaired) electrons. The van der Waals surface area contributed by atoms with Gasteiger partial charge in [-0.2, -0.15) is 5.10 Å². The first-order valence-corrected chi connectivity index (χ1v) is 11.6. The van der Waals surface area contributed by atoms with Gasteiger partial charge >= 0.3 is 0 Å². The Morgan fingerprint density at radius 3 is 2.42 bits per heavy atom. The largest absolute Gasteiger partial charge is 0.488 e. The number of ether oxygens (including phenoxy) is 1. The van der Waals surface area contributed by atoms with E-state index in [4.69, 9.17) is 4.74 Å². The minimum atomic E-state index is -0.180. The number of nitrogens with zero attached hydrogens (tertiary/aromatic N) is 1. The molecular weight excluding hydrogens is 408 g/mol. The van der Waals surface area contributed by atoms with Gasteiger partial charge < -0.3 is 4.74 Å². The van der Waals surface area contributed by atoms with Crippen LogP contribution in [0.1, 0.15) is 56.0 Å². The van der Waals surface area contributed by atoms with Crippen molar-refractivity contribution >= 4 is 11.6 Å². The van der Waals surface area contributed by atoms with Crippen LogP contribution in [0.15, 0.2) is 84.0 Å². The predicted octanol–water partition coefficient (Wildman–Crippen LogP) is 6.86. The number of hydrogen-bond donors (Lipinski definition) is 1. The Bertz CT molecular complexity index is 1120. The smallest absolute Gasteiger partial charge is 0.271 e. The van der Waals surface area contributed by atoms with Gasteiger partial charge in [-0.25, -0.2) is 5.43 Å². The van der Waals surface area contributed by atoms with E-state index >= 15 is 0 Å². The number of carbonyl (C=O) groups is 1. The Kier molecular flexibility index (Phi) is 6.93. The SMILES string of the molecule is CC1C/C(=N\NC(=O)c2ccc(COc3ccccc3-c3ccccc3)cc2)CC(C)(C)C1. The van der Waals surface area contributed by atoms with Gasteiger partial charge in [0.15, 0.2) is 0 Å². The molecule has 1 saturated carbocycles. The molecule has 3 aromatic rings. The summed E-state index contributed by atoms with van der Waals surface area (Å²) in [4.78, 5) is 12.6. The Balaban J connectivity index is 1.37. The van der Waals surface area contributed by atoms with Gasteiger partial charge in [-0.15, -0.1) is 0 Å². The lowest BCUT2D eigenvalue weighted by atomic mass is 9.72. The van der Waals surface area contributed by atoms with Crippen LogP contribution in [0.5, 0.6) is 5.75 Å². The van der Waals surface area contributed by atoms with Crippen molar-refractivity contribution in [3.63, 3.8) is 0 Å². The molecule has 1 aliphatic rings. The molecule has 1 atom stereocenters. The summed E-state index contributed by atoms with van der Waals surface area (Å²) in [6.07, 6.45) is 3.07. The number of hydrogen-bond acceptors (Lipinski definition) is 3. The molecule has 3 aromatic carbocycles. The van der Waals surface area contributed by atoms with Crippen molar-refractivity contribution in [3.8, 4) is 16.9 Å². The van der Waals surface area contributed by atoms with Crippen LogP contribution in [-0.2, 0) is 6.61 Å². The number of amides is 1. The Hall–Kier alpha value is -3.40. The molecule has 4 nitrogen and oxygen atoms in total. The second-order valence-corrected chi connectivity index (χ2v) is 9.82. The second-order valence-electron chi connectivity index (χ2n) is 9.82. The molecule has 0 spiro atoms. The van der Waals surface area contributed by atoms with E-state index in [0.29, 0.717) is 18.1 Å². The van der Waals surface area contributed by atoms with Gasteiger partial charge in [0.05, 0.1) is 0 Å². The van der Waals surface area contributed by atoms with Crippen LogP contribution in [-0.4, -0.2) is 11.6 Å². The number of nitrogens with one attached hydrogen (secondary N) is 1. The summed E-state index contributed by atoms with van der Waals surface area (Å²) in [7, 11) is 0. The molecule has 0 bridgehead atoms. The van der Waals surface area contributed by atoms with Crippen LogP contribution in [0.2, 0.25) is 0 Å². The molecule has 1 fully saturated rings. The van der Waals surface area contributed by atoms with E-state index in [9.17, 15) is 4.79 Å². The minimum Gasteiger partial charge on any atom is -0.488 e. The number of benzene rings is 3. The van der Waals surface area contributed by atoms with Gasteiger partial charge in [-0.05, 0) is 59.9 Å². The molecule has 33 heavy (non-hydrogen) atoms. The maximum Gasteiger partial charge on any atom is 0.271 e. The molecule has 0 heterocycles. The van der Waals surface area contributed by atoms with Gasteiger partial charge in [0.25, 0.3) is 5.91 Å². The fourth-order valence-electron chi connectivity index (χ4n) is 4.76. The molecule has 4 rings (SSSR count). The third kappa shape index (κ3) is 6.10. The van der Waals surface area contributed by atoms with E-state index < -0.39 is 0 Å². The Morgan fingerprint density at radius 1 is 1.00 bits per heavy atom. The lowest BCUT2D eigenvalue weighted by Crippen LogP contribution is -2.30. The summed E-state index contributed by atoms with van der Waals surface area (Å²) in [5.41, 5.74) is 7.85. The van der Waals surface area contributed by atoms with Crippen molar-refractivity contribution in [3.05, 3.63) is 90.0 Å². The third-order valence-corrected chi connectivity index (χ3v) is 6.07. The lowest BCUT2D eigenvalue weighted by molar-refractivity contribution is 0.0954. The van der Waals surface area contributed by atoms with Crippen LogP contribution in [0.4, 0.5) is 0 Å². The minimum absolute atomic E-state index is 0.180. The topological polar surface area (TPSA) is 50.7 Å². The summed E-state index contributed by atoms with van der Waals surface area (Å²) < 4.78 is 6.11. The van der Waals surface area contributed by atoms with Crippen molar-refractivity contribution in [1.29, 1.82) is 0 Å². The summed E-state index contributed by atoms with van der Waals surface area (Å²) in [5, 5.41) is 4.43. The third-order valence-electron chi connectivity index (χ3n) is 6.07. The van der Waals surface area contributed by atoms with Gasteiger partial charge in [0.2, 0.25) is 0 Å². The number of rotatable bonds is 6. The Morgan fingerprint density at radius 2 is 1.70 bits per heavy atom. The van der Waals surface area contributed by atoms with Crippen LogP contribution < -0.4 is 10.2 Å². The molecule has 1 N–H and O–H groups in total. The summed E-state index contributed by atoms with van der Waals surface area (Å²) in [5.74, 6) is 1.25. The number of carbonyl (C=O) groups excluding carboxylic acids is 1. The number of hydrazone groups is 1. The first-order chi connectivity index (χ1) is 15.9. The first-order valence-electron chi connectivity index (χ1n) is 11.6. The highest BCUT2D eigenvalue weighted by atomic mass is 16.5. The van der Waals surface area contributed by atoms with Crippen LogP contribution >= 0.6 is 0 Å². The van der Waals surface area contributed by atoms with Crippen molar-refractivity contribution in [1.82, 2.24) is 5.43 Å². The van der Waals surface area contributed by atoms with Crippen LogP contribution in [0.25, 0.3) is 11.1 Å². The lowest BCUT2D eigenvalue weighted by Gasteiger charge is -2.34. The fourth-order valence-corrected chi connectivity index (χ4v) is 4.76. The maximum absolute atomic E-state index is 12.6. The zero-order valence-corrected chi connectivity index (χ0v) is 19.7. The molecule has 170 valence electrons. The molecule has 1 unspecified atom stereocenters. The summed E-state index contributed by atoms with van der Waals surface area (Å²) in [6, 6.07) is 25.8. The summed E-state index contributed by atoms with van der Waals surface area (Å²) >= 11 is 0. The molecule has 1 aliphatic carbocycles. The van der Waals surface area contributed by atoms with E-state index in [1.165, 1.54) is 6.42 Å². The van der Waals surface area contributed by atoms with Gasteiger partial charge in [-0.1, -0.05) is 81.4 Å². The van der Waals surface area contributed by atoms with Crippen molar-refractivity contribution < 1.29 is 9.53 Å². The first kappa shape index (κ1) is 22.8. The van der Waals surface area contributed by atoms with Gasteiger partial charge in [0.1, 0.15) is 12.4 Å². The van der Waals surface area contributed by atoms with Gasteiger partial charge in [0, 0.05) is 16.8 Å². The zero-order chi connectivity index (χ0) is 23.3. The standard InChI is InChI=1S/C29H32N2O2/c1-21-17-25(19-29(2,3)18-21)30-31-28(32)24-15-13-22(14-16-24)20-33-27-12-8-7-11-26(27)23-9-5-4-6-10-23/h4-16,21H,17-20H2,1-3H3,(H,31,32)/b30-25+. The molecular formula is C29H32N2O2. The molecule has 0 aromatic heterocycles. The van der Waals surface area contributed by atoms with E-state index in [1.807, 2.05) is 60.7 Å². The van der Waals surface area contributed by atoms with E-state index in [2.05, 4.69) is 49.5 Å². The fraction of sp³-hybridized carbons (Fsp3) is 0.310. The average molecular weight is 441 g/mol. The monoisotopic (exact) mass is 440 g/mol. The average Bonchev–Trinajstić information content (AvgIpc) is 2.81. The normalized spacial score (nSPS) is 18.6. The predicted molar refractivity (Wildman–Crippen MR) is 134 cm³/mol. The highest BCUT2D eigenvalue weighted by molar-refractivity contribution is 5.95. The zero-order valence-electron chi connectivity index (χ0n) is 19.7. The van der Waals surface area contributed by atoms with Crippen molar-refractivity contribution in [2.75, 3.05) is 0 Å². The molecule has 0 saturated heterocycles. The highest BCUT2D eigenvalue weighted by Crippen LogP contribution is 2.37. The molecule has 4 heteroatoms. The van der Waals surface area contributed by atoms with Crippen molar-refractivity contribution in [2.24, 2.45) is 16.4 Å². The van der Waals surface area contributed by atoms with Crippen molar-refractivity contribution in [2.45, 2.75) is 46.6 Å². The summed E-state index contributed by atoms with van der Waals surface area (Å²) in [6.45, 7) is 7.20. The molecule has 0 aliphatic heterocycles.